The first-order chi connectivity index (χ1) is 7.83. The third-order valence-electron chi connectivity index (χ3n) is 2.40. The first kappa shape index (κ1) is 14.7. The van der Waals surface area contributed by atoms with Gasteiger partial charge in [0.25, 0.3) is 0 Å². The summed E-state index contributed by atoms with van der Waals surface area (Å²) in [5.41, 5.74) is 0.693. The van der Waals surface area contributed by atoms with E-state index in [-0.39, 0.29) is 12.2 Å². The summed E-state index contributed by atoms with van der Waals surface area (Å²) >= 11 is 1.92. The Bertz CT molecular complexity index is 378. The molecular formula is C11H12F4IN. The van der Waals surface area contributed by atoms with Gasteiger partial charge in [-0.2, -0.15) is 13.2 Å². The maximum Gasteiger partial charge on any atom is 0.389 e. The van der Waals surface area contributed by atoms with Gasteiger partial charge in [0.1, 0.15) is 5.82 Å². The average molecular weight is 361 g/mol. The van der Waals surface area contributed by atoms with Crippen LogP contribution in [0.4, 0.5) is 17.6 Å². The molecule has 1 atom stereocenters. The van der Waals surface area contributed by atoms with Crippen LogP contribution in [0.5, 0.6) is 0 Å². The van der Waals surface area contributed by atoms with Crippen LogP contribution in [-0.4, -0.2) is 13.2 Å². The Hall–Kier alpha value is -0.370. The molecule has 0 saturated carbocycles. The van der Waals surface area contributed by atoms with Gasteiger partial charge in [0.05, 0.1) is 0 Å². The van der Waals surface area contributed by atoms with Crippen molar-refractivity contribution in [3.05, 3.63) is 33.1 Å². The first-order valence-corrected chi connectivity index (χ1v) is 6.10. The van der Waals surface area contributed by atoms with Crippen LogP contribution in [-0.2, 0) is 0 Å². The zero-order chi connectivity index (χ0) is 13.1. The molecule has 1 N–H and O–H groups in total. The van der Waals surface area contributed by atoms with E-state index in [0.717, 1.165) is 0 Å². The molecule has 0 aliphatic rings. The molecule has 0 spiro atoms. The van der Waals surface area contributed by atoms with E-state index in [0.29, 0.717) is 9.13 Å². The lowest BCUT2D eigenvalue weighted by Gasteiger charge is -2.19. The molecule has 6 heteroatoms. The molecule has 0 fully saturated rings. The summed E-state index contributed by atoms with van der Waals surface area (Å²) in [6.07, 6.45) is -5.08. The number of halogens is 5. The summed E-state index contributed by atoms with van der Waals surface area (Å²) in [5.74, 6) is -0.385. The lowest BCUT2D eigenvalue weighted by atomic mass is 10.0. The molecular weight excluding hydrogens is 349 g/mol. The van der Waals surface area contributed by atoms with Gasteiger partial charge in [0, 0.05) is 16.0 Å². The van der Waals surface area contributed by atoms with Gasteiger partial charge in [0.2, 0.25) is 0 Å². The van der Waals surface area contributed by atoms with Crippen LogP contribution < -0.4 is 5.32 Å². The van der Waals surface area contributed by atoms with Gasteiger partial charge in [-0.25, -0.2) is 4.39 Å². The van der Waals surface area contributed by atoms with Crippen molar-refractivity contribution in [2.24, 2.45) is 0 Å². The third-order valence-corrected chi connectivity index (χ3v) is 3.34. The van der Waals surface area contributed by atoms with Crippen LogP contribution in [0.3, 0.4) is 0 Å². The Morgan fingerprint density at radius 3 is 2.47 bits per heavy atom. The summed E-state index contributed by atoms with van der Waals surface area (Å²) in [4.78, 5) is 0. The number of hydrogen-bond acceptors (Lipinski definition) is 1. The van der Waals surface area contributed by atoms with Crippen LogP contribution in [0.1, 0.15) is 24.4 Å². The van der Waals surface area contributed by atoms with Crippen LogP contribution in [0.2, 0.25) is 0 Å². The number of rotatable bonds is 4. The standard InChI is InChI=1S/C11H12F4IN/c1-17-10(4-5-11(13,14)15)8-3-2-7(12)6-9(8)16/h2-3,6,10,17H,4-5H2,1H3. The van der Waals surface area contributed by atoms with E-state index in [9.17, 15) is 17.6 Å². The SMILES string of the molecule is CNC(CCC(F)(F)F)c1ccc(F)cc1I. The maximum atomic E-state index is 12.9. The molecule has 1 unspecified atom stereocenters. The monoisotopic (exact) mass is 361 g/mol. The quantitative estimate of drug-likeness (QED) is 0.631. The smallest absolute Gasteiger partial charge is 0.313 e. The summed E-state index contributed by atoms with van der Waals surface area (Å²) < 4.78 is 49.9. The Balaban J connectivity index is 2.79. The van der Waals surface area contributed by atoms with Crippen molar-refractivity contribution in [2.45, 2.75) is 25.1 Å². The van der Waals surface area contributed by atoms with Gasteiger partial charge in [-0.3, -0.25) is 0 Å². The van der Waals surface area contributed by atoms with Crippen LogP contribution >= 0.6 is 22.6 Å². The van der Waals surface area contributed by atoms with Crippen LogP contribution in [0.15, 0.2) is 18.2 Å². The molecule has 17 heavy (non-hydrogen) atoms. The Morgan fingerprint density at radius 2 is 2.00 bits per heavy atom. The van der Waals surface area contributed by atoms with Gasteiger partial charge < -0.3 is 5.32 Å². The summed E-state index contributed by atoms with van der Waals surface area (Å²) in [5, 5.41) is 2.82. The fraction of sp³-hybridized carbons (Fsp3) is 0.455. The molecule has 1 nitrogen and oxygen atoms in total. The molecule has 1 aromatic carbocycles. The molecule has 0 amide bonds. The Morgan fingerprint density at radius 1 is 1.35 bits per heavy atom. The zero-order valence-electron chi connectivity index (χ0n) is 9.11. The van der Waals surface area contributed by atoms with E-state index in [4.69, 9.17) is 0 Å². The average Bonchev–Trinajstić information content (AvgIpc) is 2.19. The maximum absolute atomic E-state index is 12.9. The largest absolute Gasteiger partial charge is 0.389 e. The second kappa shape index (κ2) is 5.99. The van der Waals surface area contributed by atoms with E-state index in [1.807, 2.05) is 22.6 Å². The highest BCUT2D eigenvalue weighted by Gasteiger charge is 2.28. The highest BCUT2D eigenvalue weighted by molar-refractivity contribution is 14.1. The third kappa shape index (κ3) is 4.79. The Labute approximate surface area is 111 Å². The highest BCUT2D eigenvalue weighted by Crippen LogP contribution is 2.29. The lowest BCUT2D eigenvalue weighted by molar-refractivity contribution is -0.136. The minimum atomic E-state index is -4.17. The minimum absolute atomic E-state index is 0.0539. The van der Waals surface area contributed by atoms with Crippen molar-refractivity contribution in [1.29, 1.82) is 0 Å². The van der Waals surface area contributed by atoms with Crippen molar-refractivity contribution in [1.82, 2.24) is 5.32 Å². The van der Waals surface area contributed by atoms with Gasteiger partial charge >= 0.3 is 6.18 Å². The molecule has 0 bridgehead atoms. The highest BCUT2D eigenvalue weighted by atomic mass is 127. The van der Waals surface area contributed by atoms with Crippen molar-refractivity contribution >= 4 is 22.6 Å². The van der Waals surface area contributed by atoms with Crippen molar-refractivity contribution in [3.8, 4) is 0 Å². The molecule has 96 valence electrons. The van der Waals surface area contributed by atoms with E-state index in [1.165, 1.54) is 18.2 Å². The van der Waals surface area contributed by atoms with Crippen LogP contribution in [0, 0.1) is 9.39 Å². The number of benzene rings is 1. The first-order valence-electron chi connectivity index (χ1n) is 5.02. The van der Waals surface area contributed by atoms with E-state index >= 15 is 0 Å². The molecule has 1 rings (SSSR count). The van der Waals surface area contributed by atoms with Crippen molar-refractivity contribution in [2.75, 3.05) is 7.05 Å². The fourth-order valence-corrected chi connectivity index (χ4v) is 2.40. The van der Waals surface area contributed by atoms with Gasteiger partial charge in [-0.1, -0.05) is 6.07 Å². The minimum Gasteiger partial charge on any atom is -0.313 e. The zero-order valence-corrected chi connectivity index (χ0v) is 11.3. The lowest BCUT2D eigenvalue weighted by Crippen LogP contribution is -2.20. The number of nitrogens with one attached hydrogen (secondary N) is 1. The van der Waals surface area contributed by atoms with Crippen molar-refractivity contribution in [3.63, 3.8) is 0 Å². The molecule has 0 heterocycles. The number of hydrogen-bond donors (Lipinski definition) is 1. The predicted octanol–water partition coefficient (Wildman–Crippen LogP) is 4.03. The van der Waals surface area contributed by atoms with Gasteiger partial charge in [-0.15, -0.1) is 0 Å². The predicted molar refractivity (Wildman–Crippen MR) is 66.2 cm³/mol. The van der Waals surface area contributed by atoms with Gasteiger partial charge in [-0.05, 0) is 53.8 Å². The number of alkyl halides is 3. The molecule has 0 aliphatic carbocycles. The normalized spacial score (nSPS) is 13.8. The second-order valence-corrected chi connectivity index (χ2v) is 4.82. The molecule has 0 aromatic heterocycles. The molecule has 0 aliphatic heterocycles. The van der Waals surface area contributed by atoms with Gasteiger partial charge in [0.15, 0.2) is 0 Å². The fourth-order valence-electron chi connectivity index (χ4n) is 1.55. The summed E-state index contributed by atoms with van der Waals surface area (Å²) in [6.45, 7) is 0. The molecule has 0 radical (unpaired) electrons. The summed E-state index contributed by atoms with van der Waals surface area (Å²) in [7, 11) is 1.60. The molecule has 1 aromatic rings. The van der Waals surface area contributed by atoms with E-state index in [2.05, 4.69) is 5.32 Å². The Kier molecular flexibility index (Phi) is 5.18. The second-order valence-electron chi connectivity index (χ2n) is 3.66. The molecule has 0 saturated heterocycles. The van der Waals surface area contributed by atoms with Crippen molar-refractivity contribution < 1.29 is 17.6 Å². The van der Waals surface area contributed by atoms with E-state index in [1.54, 1.807) is 7.05 Å². The van der Waals surface area contributed by atoms with E-state index < -0.39 is 18.6 Å². The topological polar surface area (TPSA) is 12.0 Å². The van der Waals surface area contributed by atoms with Crippen LogP contribution in [0.25, 0.3) is 0 Å². The summed E-state index contributed by atoms with van der Waals surface area (Å²) in [6, 6.07) is 3.68.